The summed E-state index contributed by atoms with van der Waals surface area (Å²) in [5, 5.41) is 3.42. The Balaban J connectivity index is 2.12. The molecule has 0 atom stereocenters. The first kappa shape index (κ1) is 12.9. The molecule has 0 amide bonds. The Bertz CT molecular complexity index is 269. The molecule has 16 heavy (non-hydrogen) atoms. The standard InChI is InChI=1S/C14H23NO/c1-3-4-5-6-7-12-15-13-8-10-14(16-2)11-9-13/h8-11,15H,3-7,12H2,1-2H3. The first-order chi connectivity index (χ1) is 7.86. The van der Waals surface area contributed by atoms with Crippen LogP contribution in [0.3, 0.4) is 0 Å². The third-order valence-corrected chi connectivity index (χ3v) is 2.70. The molecular weight excluding hydrogens is 198 g/mol. The van der Waals surface area contributed by atoms with E-state index in [0.29, 0.717) is 0 Å². The van der Waals surface area contributed by atoms with Crippen molar-refractivity contribution in [2.24, 2.45) is 0 Å². The zero-order chi connectivity index (χ0) is 11.6. The van der Waals surface area contributed by atoms with Crippen molar-refractivity contribution in [2.45, 2.75) is 39.0 Å². The van der Waals surface area contributed by atoms with E-state index in [4.69, 9.17) is 4.74 Å². The molecule has 0 spiro atoms. The molecule has 2 heteroatoms. The van der Waals surface area contributed by atoms with E-state index < -0.39 is 0 Å². The monoisotopic (exact) mass is 221 g/mol. The Labute approximate surface area is 99.0 Å². The summed E-state index contributed by atoms with van der Waals surface area (Å²) in [6.45, 7) is 3.31. The van der Waals surface area contributed by atoms with Crippen LogP contribution in [0, 0.1) is 0 Å². The summed E-state index contributed by atoms with van der Waals surface area (Å²) in [5.41, 5.74) is 1.18. The average molecular weight is 221 g/mol. The van der Waals surface area contributed by atoms with Crippen molar-refractivity contribution in [3.8, 4) is 5.75 Å². The maximum Gasteiger partial charge on any atom is 0.119 e. The van der Waals surface area contributed by atoms with Crippen LogP contribution in [0.2, 0.25) is 0 Å². The quantitative estimate of drug-likeness (QED) is 0.668. The molecule has 0 radical (unpaired) electrons. The van der Waals surface area contributed by atoms with Crippen molar-refractivity contribution >= 4 is 5.69 Å². The van der Waals surface area contributed by atoms with Gasteiger partial charge < -0.3 is 10.1 Å². The van der Waals surface area contributed by atoms with Gasteiger partial charge in [0.15, 0.2) is 0 Å². The molecule has 1 aromatic carbocycles. The van der Waals surface area contributed by atoms with Gasteiger partial charge in [-0.15, -0.1) is 0 Å². The molecule has 0 aliphatic heterocycles. The zero-order valence-corrected chi connectivity index (χ0v) is 10.5. The summed E-state index contributed by atoms with van der Waals surface area (Å²) in [6.07, 6.45) is 6.62. The molecule has 2 nitrogen and oxygen atoms in total. The van der Waals surface area contributed by atoms with Crippen LogP contribution in [0.25, 0.3) is 0 Å². The van der Waals surface area contributed by atoms with Gasteiger partial charge in [-0.3, -0.25) is 0 Å². The number of unbranched alkanes of at least 4 members (excludes halogenated alkanes) is 4. The molecular formula is C14H23NO. The Morgan fingerprint density at radius 2 is 1.69 bits per heavy atom. The van der Waals surface area contributed by atoms with Crippen LogP contribution in [0.1, 0.15) is 39.0 Å². The van der Waals surface area contributed by atoms with Crippen LogP contribution in [0.15, 0.2) is 24.3 Å². The Kier molecular flexibility index (Phi) is 6.47. The summed E-state index contributed by atoms with van der Waals surface area (Å²) >= 11 is 0. The minimum absolute atomic E-state index is 0.911. The average Bonchev–Trinajstić information content (AvgIpc) is 2.34. The third-order valence-electron chi connectivity index (χ3n) is 2.70. The van der Waals surface area contributed by atoms with Gasteiger partial charge in [-0.05, 0) is 30.7 Å². The van der Waals surface area contributed by atoms with Gasteiger partial charge in [0.1, 0.15) is 5.75 Å². The summed E-state index contributed by atoms with van der Waals surface area (Å²) in [4.78, 5) is 0. The first-order valence-corrected chi connectivity index (χ1v) is 6.24. The van der Waals surface area contributed by atoms with Crippen LogP contribution < -0.4 is 10.1 Å². The number of hydrogen-bond donors (Lipinski definition) is 1. The molecule has 0 aliphatic carbocycles. The Morgan fingerprint density at radius 3 is 2.31 bits per heavy atom. The number of ether oxygens (including phenoxy) is 1. The highest BCUT2D eigenvalue weighted by Gasteiger charge is 1.93. The minimum Gasteiger partial charge on any atom is -0.497 e. The number of nitrogens with one attached hydrogen (secondary N) is 1. The molecule has 0 heterocycles. The van der Waals surface area contributed by atoms with E-state index in [-0.39, 0.29) is 0 Å². The highest BCUT2D eigenvalue weighted by Crippen LogP contribution is 2.15. The summed E-state index contributed by atoms with van der Waals surface area (Å²) < 4.78 is 5.11. The van der Waals surface area contributed by atoms with E-state index in [9.17, 15) is 0 Å². The molecule has 0 fully saturated rings. The molecule has 1 N–H and O–H groups in total. The fraction of sp³-hybridized carbons (Fsp3) is 0.571. The minimum atomic E-state index is 0.911. The van der Waals surface area contributed by atoms with E-state index in [2.05, 4.69) is 24.4 Å². The Morgan fingerprint density at radius 1 is 1.00 bits per heavy atom. The SMILES string of the molecule is CCCCCCCNc1ccc(OC)cc1. The Hall–Kier alpha value is -1.18. The number of rotatable bonds is 8. The van der Waals surface area contributed by atoms with Crippen molar-refractivity contribution in [1.29, 1.82) is 0 Å². The van der Waals surface area contributed by atoms with Gasteiger partial charge in [0, 0.05) is 12.2 Å². The number of anilines is 1. The fourth-order valence-corrected chi connectivity index (χ4v) is 1.67. The van der Waals surface area contributed by atoms with Crippen LogP contribution in [-0.4, -0.2) is 13.7 Å². The number of methoxy groups -OCH3 is 1. The van der Waals surface area contributed by atoms with Crippen molar-refractivity contribution in [1.82, 2.24) is 0 Å². The predicted molar refractivity (Wildman–Crippen MR) is 70.2 cm³/mol. The summed E-state index contributed by atoms with van der Waals surface area (Å²) in [7, 11) is 1.69. The van der Waals surface area contributed by atoms with E-state index in [1.54, 1.807) is 7.11 Å². The van der Waals surface area contributed by atoms with E-state index in [1.807, 2.05) is 12.1 Å². The van der Waals surface area contributed by atoms with Gasteiger partial charge in [0.05, 0.1) is 7.11 Å². The molecule has 1 rings (SSSR count). The second-order valence-electron chi connectivity index (χ2n) is 4.07. The lowest BCUT2D eigenvalue weighted by Gasteiger charge is -2.07. The van der Waals surface area contributed by atoms with Gasteiger partial charge >= 0.3 is 0 Å². The lowest BCUT2D eigenvalue weighted by Crippen LogP contribution is -2.01. The maximum absolute atomic E-state index is 5.11. The van der Waals surface area contributed by atoms with Crippen LogP contribution in [0.4, 0.5) is 5.69 Å². The van der Waals surface area contributed by atoms with Crippen molar-refractivity contribution in [3.63, 3.8) is 0 Å². The summed E-state index contributed by atoms with van der Waals surface area (Å²) in [5.74, 6) is 0.911. The van der Waals surface area contributed by atoms with E-state index in [1.165, 1.54) is 37.8 Å². The zero-order valence-electron chi connectivity index (χ0n) is 10.5. The lowest BCUT2D eigenvalue weighted by atomic mass is 10.1. The van der Waals surface area contributed by atoms with Gasteiger partial charge in [0.2, 0.25) is 0 Å². The van der Waals surface area contributed by atoms with Gasteiger partial charge in [-0.2, -0.15) is 0 Å². The molecule has 0 saturated carbocycles. The first-order valence-electron chi connectivity index (χ1n) is 6.24. The normalized spacial score (nSPS) is 10.1. The topological polar surface area (TPSA) is 21.3 Å². The second kappa shape index (κ2) is 8.03. The summed E-state index contributed by atoms with van der Waals surface area (Å²) in [6, 6.07) is 8.09. The largest absolute Gasteiger partial charge is 0.497 e. The highest BCUT2D eigenvalue weighted by molar-refractivity contribution is 5.46. The van der Waals surface area contributed by atoms with Gasteiger partial charge in [-0.25, -0.2) is 0 Å². The molecule has 0 bridgehead atoms. The fourth-order valence-electron chi connectivity index (χ4n) is 1.67. The smallest absolute Gasteiger partial charge is 0.119 e. The third kappa shape index (κ3) is 5.06. The second-order valence-corrected chi connectivity index (χ2v) is 4.07. The van der Waals surface area contributed by atoms with Gasteiger partial charge in [-0.1, -0.05) is 32.6 Å². The van der Waals surface area contributed by atoms with Crippen molar-refractivity contribution in [3.05, 3.63) is 24.3 Å². The van der Waals surface area contributed by atoms with Crippen LogP contribution in [0.5, 0.6) is 5.75 Å². The molecule has 0 aliphatic rings. The maximum atomic E-state index is 5.11. The van der Waals surface area contributed by atoms with Crippen LogP contribution >= 0.6 is 0 Å². The van der Waals surface area contributed by atoms with E-state index in [0.717, 1.165) is 12.3 Å². The highest BCUT2D eigenvalue weighted by atomic mass is 16.5. The lowest BCUT2D eigenvalue weighted by molar-refractivity contribution is 0.415. The number of hydrogen-bond acceptors (Lipinski definition) is 2. The molecule has 0 aromatic heterocycles. The van der Waals surface area contributed by atoms with Crippen LogP contribution in [-0.2, 0) is 0 Å². The molecule has 0 saturated heterocycles. The molecule has 90 valence electrons. The molecule has 0 unspecified atom stereocenters. The van der Waals surface area contributed by atoms with Crippen molar-refractivity contribution in [2.75, 3.05) is 19.0 Å². The predicted octanol–water partition coefficient (Wildman–Crippen LogP) is 4.08. The van der Waals surface area contributed by atoms with Gasteiger partial charge in [0.25, 0.3) is 0 Å². The number of benzene rings is 1. The van der Waals surface area contributed by atoms with E-state index >= 15 is 0 Å². The molecule has 1 aromatic rings. The van der Waals surface area contributed by atoms with Crippen molar-refractivity contribution < 1.29 is 4.74 Å².